The highest BCUT2D eigenvalue weighted by atomic mass is 16.5. The number of nitrogens with zero attached hydrogens (tertiary/aromatic N) is 4. The Balaban J connectivity index is 1.42. The first-order valence-corrected chi connectivity index (χ1v) is 11.1. The molecule has 3 aromatic rings. The van der Waals surface area contributed by atoms with Crippen LogP contribution < -0.4 is 15.7 Å². The van der Waals surface area contributed by atoms with Gasteiger partial charge in [0.1, 0.15) is 11.3 Å². The summed E-state index contributed by atoms with van der Waals surface area (Å²) in [5.74, 6) is 2.08. The zero-order valence-electron chi connectivity index (χ0n) is 17.8. The van der Waals surface area contributed by atoms with Gasteiger partial charge in [-0.25, -0.2) is 9.78 Å². The molecule has 162 valence electrons. The number of aliphatic hydroxyl groups excluding tert-OH is 1. The van der Waals surface area contributed by atoms with E-state index in [1.165, 1.54) is 5.56 Å². The molecule has 0 saturated heterocycles. The maximum absolute atomic E-state index is 13.2. The average Bonchev–Trinajstić information content (AvgIpc) is 3.36. The maximum atomic E-state index is 13.2. The Morgan fingerprint density at radius 1 is 1.23 bits per heavy atom. The number of ether oxygens (including phenoxy) is 1. The number of aliphatic hydroxyl groups is 1. The van der Waals surface area contributed by atoms with Crippen LogP contribution in [0.1, 0.15) is 42.9 Å². The molecule has 3 heterocycles. The smallest absolute Gasteiger partial charge is 0.330 e. The summed E-state index contributed by atoms with van der Waals surface area (Å²) in [6.45, 7) is 2.75. The van der Waals surface area contributed by atoms with Crippen LogP contribution in [-0.2, 0) is 13.5 Å². The van der Waals surface area contributed by atoms with E-state index in [2.05, 4.69) is 16.4 Å². The molecule has 1 aliphatic heterocycles. The van der Waals surface area contributed by atoms with Gasteiger partial charge in [-0.15, -0.1) is 0 Å². The Morgan fingerprint density at radius 2 is 2.00 bits per heavy atom. The monoisotopic (exact) mass is 421 g/mol. The fourth-order valence-corrected chi connectivity index (χ4v) is 5.93. The normalized spacial score (nSPS) is 26.8. The van der Waals surface area contributed by atoms with Crippen molar-refractivity contribution >= 4 is 22.8 Å². The lowest BCUT2D eigenvalue weighted by atomic mass is 9.82. The predicted molar refractivity (Wildman–Crippen MR) is 117 cm³/mol. The molecule has 2 atom stereocenters. The highest BCUT2D eigenvalue weighted by molar-refractivity contribution is 5.73. The first kappa shape index (κ1) is 18.9. The zero-order valence-corrected chi connectivity index (χ0v) is 17.8. The van der Waals surface area contributed by atoms with E-state index in [1.54, 1.807) is 17.8 Å². The van der Waals surface area contributed by atoms with Gasteiger partial charge in [0.15, 0.2) is 5.65 Å². The molecule has 2 unspecified atom stereocenters. The molecule has 6 rings (SSSR count). The van der Waals surface area contributed by atoms with Crippen molar-refractivity contribution in [3.8, 4) is 5.75 Å². The number of fused-ring (bicyclic) bond motifs is 4. The van der Waals surface area contributed by atoms with E-state index in [0.717, 1.165) is 61.2 Å². The highest BCUT2D eigenvalue weighted by Crippen LogP contribution is 2.49. The molecule has 2 saturated carbocycles. The van der Waals surface area contributed by atoms with Crippen molar-refractivity contribution in [1.82, 2.24) is 19.1 Å². The fraction of sp³-hybridized carbons (Fsp3) is 0.522. The van der Waals surface area contributed by atoms with E-state index >= 15 is 0 Å². The molecule has 0 spiro atoms. The second-order valence-corrected chi connectivity index (χ2v) is 9.33. The summed E-state index contributed by atoms with van der Waals surface area (Å²) >= 11 is 0. The van der Waals surface area contributed by atoms with Gasteiger partial charge in [-0.2, -0.15) is 4.98 Å². The summed E-state index contributed by atoms with van der Waals surface area (Å²) in [4.78, 5) is 22.5. The molecule has 0 radical (unpaired) electrons. The summed E-state index contributed by atoms with van der Waals surface area (Å²) in [6.07, 6.45) is 6.02. The van der Waals surface area contributed by atoms with Crippen LogP contribution in [0.3, 0.4) is 0 Å². The molecule has 8 nitrogen and oxygen atoms in total. The first-order valence-electron chi connectivity index (χ1n) is 11.1. The molecule has 1 aromatic carbocycles. The van der Waals surface area contributed by atoms with Crippen LogP contribution in [-0.4, -0.2) is 36.9 Å². The Bertz CT molecular complexity index is 1230. The molecular formula is C23H27N5O3. The van der Waals surface area contributed by atoms with E-state index in [1.807, 2.05) is 17.6 Å². The Labute approximate surface area is 179 Å². The number of aryl methyl sites for hydroxylation is 2. The minimum Gasteiger partial charge on any atom is -0.493 e. The van der Waals surface area contributed by atoms with Crippen LogP contribution >= 0.6 is 0 Å². The largest absolute Gasteiger partial charge is 0.493 e. The van der Waals surface area contributed by atoms with E-state index in [-0.39, 0.29) is 17.8 Å². The lowest BCUT2D eigenvalue weighted by molar-refractivity contribution is 0.0650. The van der Waals surface area contributed by atoms with Gasteiger partial charge in [-0.3, -0.25) is 9.13 Å². The van der Waals surface area contributed by atoms with Crippen molar-refractivity contribution in [3.05, 3.63) is 39.9 Å². The van der Waals surface area contributed by atoms with Crippen molar-refractivity contribution in [3.63, 3.8) is 0 Å². The number of aromatic nitrogens is 4. The predicted octanol–water partition coefficient (Wildman–Crippen LogP) is 2.84. The number of rotatable bonds is 3. The Hall–Kier alpha value is -2.87. The summed E-state index contributed by atoms with van der Waals surface area (Å²) in [5, 5.41) is 13.6. The quantitative estimate of drug-likeness (QED) is 0.675. The van der Waals surface area contributed by atoms with Crippen LogP contribution in [0, 0.1) is 18.8 Å². The van der Waals surface area contributed by atoms with Gasteiger partial charge in [-0.1, -0.05) is 0 Å². The Morgan fingerprint density at radius 3 is 2.77 bits per heavy atom. The molecular weight excluding hydrogens is 394 g/mol. The van der Waals surface area contributed by atoms with Crippen LogP contribution in [0.5, 0.6) is 5.75 Å². The van der Waals surface area contributed by atoms with Gasteiger partial charge in [0.05, 0.1) is 18.9 Å². The summed E-state index contributed by atoms with van der Waals surface area (Å²) in [6, 6.07) is 4.25. The van der Waals surface area contributed by atoms with Gasteiger partial charge in [0.2, 0.25) is 5.95 Å². The second kappa shape index (κ2) is 6.82. The van der Waals surface area contributed by atoms with Crippen molar-refractivity contribution in [2.45, 2.75) is 51.2 Å². The van der Waals surface area contributed by atoms with E-state index in [4.69, 9.17) is 9.72 Å². The molecule has 31 heavy (non-hydrogen) atoms. The molecule has 2 aromatic heterocycles. The molecule has 2 bridgehead atoms. The molecule has 2 N–H and O–H groups in total. The van der Waals surface area contributed by atoms with Crippen molar-refractivity contribution in [2.75, 3.05) is 11.9 Å². The third kappa shape index (κ3) is 2.88. The van der Waals surface area contributed by atoms with Crippen molar-refractivity contribution < 1.29 is 9.84 Å². The van der Waals surface area contributed by atoms with Gasteiger partial charge >= 0.3 is 5.69 Å². The van der Waals surface area contributed by atoms with Crippen LogP contribution in [0.25, 0.3) is 11.2 Å². The number of nitrogens with one attached hydrogen (secondary N) is 1. The van der Waals surface area contributed by atoms with Crippen LogP contribution in [0.15, 0.2) is 23.1 Å². The molecule has 2 fully saturated rings. The number of imidazole rings is 1. The molecule has 3 aliphatic rings. The van der Waals surface area contributed by atoms with Crippen molar-refractivity contribution in [2.24, 2.45) is 18.9 Å². The second-order valence-electron chi connectivity index (χ2n) is 9.33. The van der Waals surface area contributed by atoms with E-state index in [0.29, 0.717) is 23.4 Å². The van der Waals surface area contributed by atoms with Crippen LogP contribution in [0.2, 0.25) is 0 Å². The third-order valence-electron chi connectivity index (χ3n) is 7.44. The minimum absolute atomic E-state index is 0.0504. The molecule has 8 heteroatoms. The SMILES string of the molecule is Cc1cc2c(cc1Nc1ncc3c(n1)n(C1C4CCC1CC(O)C4)c(=O)n3C)CCO2. The highest BCUT2D eigenvalue weighted by Gasteiger charge is 2.44. The number of benzene rings is 1. The maximum Gasteiger partial charge on any atom is 0.330 e. The lowest BCUT2D eigenvalue weighted by Crippen LogP contribution is -2.36. The summed E-state index contributed by atoms with van der Waals surface area (Å²) < 4.78 is 9.17. The topological polar surface area (TPSA) is 94.2 Å². The van der Waals surface area contributed by atoms with E-state index in [9.17, 15) is 9.90 Å². The number of hydrogen-bond acceptors (Lipinski definition) is 6. The summed E-state index contributed by atoms with van der Waals surface area (Å²) in [7, 11) is 1.78. The number of anilines is 2. The van der Waals surface area contributed by atoms with E-state index < -0.39 is 0 Å². The number of hydrogen-bond donors (Lipinski definition) is 2. The summed E-state index contributed by atoms with van der Waals surface area (Å²) in [5.41, 5.74) is 4.56. The van der Waals surface area contributed by atoms with Gasteiger partial charge < -0.3 is 15.2 Å². The van der Waals surface area contributed by atoms with Crippen LogP contribution in [0.4, 0.5) is 11.6 Å². The molecule has 2 aliphatic carbocycles. The minimum atomic E-state index is -0.252. The van der Waals surface area contributed by atoms with Gasteiger partial charge in [0, 0.05) is 25.2 Å². The zero-order chi connectivity index (χ0) is 21.3. The first-order chi connectivity index (χ1) is 15.0. The molecule has 0 amide bonds. The fourth-order valence-electron chi connectivity index (χ4n) is 5.93. The van der Waals surface area contributed by atoms with Crippen molar-refractivity contribution in [1.29, 1.82) is 0 Å². The lowest BCUT2D eigenvalue weighted by Gasteiger charge is -2.33. The standard InChI is InChI=1S/C23H27N5O3/c1-12-7-19-13(5-6-31-19)10-17(12)25-22-24-11-18-21(26-22)28(23(30)27(18)2)20-14-3-4-15(20)9-16(29)8-14/h7,10-11,14-16,20,29H,3-6,8-9H2,1-2H3,(H,24,25,26). The average molecular weight is 422 g/mol. The van der Waals surface area contributed by atoms with Gasteiger partial charge in [-0.05, 0) is 67.7 Å². The third-order valence-corrected chi connectivity index (χ3v) is 7.44. The Kier molecular flexibility index (Phi) is 4.15. The van der Waals surface area contributed by atoms with Gasteiger partial charge in [0.25, 0.3) is 0 Å².